The van der Waals surface area contributed by atoms with Gasteiger partial charge in [0.1, 0.15) is 5.82 Å². The van der Waals surface area contributed by atoms with Crippen molar-refractivity contribution in [2.45, 2.75) is 6.04 Å². The van der Waals surface area contributed by atoms with Gasteiger partial charge in [-0.25, -0.2) is 4.39 Å². The van der Waals surface area contributed by atoms with Crippen LogP contribution in [0.1, 0.15) is 11.6 Å². The van der Waals surface area contributed by atoms with Crippen molar-refractivity contribution < 1.29 is 4.39 Å². The Balaban J connectivity index is 2.25. The molecule has 0 aromatic heterocycles. The summed E-state index contributed by atoms with van der Waals surface area (Å²) in [5.41, 5.74) is 0.794. The molecule has 2 rings (SSSR count). The monoisotopic (exact) mass is 194 g/mol. The number of halogens is 1. The molecule has 0 unspecified atom stereocenters. The number of rotatable bonds is 1. The summed E-state index contributed by atoms with van der Waals surface area (Å²) < 4.78 is 13.5. The first-order valence-electron chi connectivity index (χ1n) is 4.94. The van der Waals surface area contributed by atoms with Gasteiger partial charge in [0.2, 0.25) is 0 Å². The number of hydrogen-bond donors (Lipinski definition) is 1. The van der Waals surface area contributed by atoms with Gasteiger partial charge in [-0.3, -0.25) is 4.90 Å². The van der Waals surface area contributed by atoms with E-state index in [9.17, 15) is 4.39 Å². The standard InChI is InChI=1S/C11H15FN2/c1-14-7-6-13-8-11(14)9-4-2-3-5-10(9)12/h2-5,11,13H,6-8H2,1H3/t11-/m1/s1. The molecule has 0 aliphatic carbocycles. The van der Waals surface area contributed by atoms with Crippen LogP contribution in [0, 0.1) is 5.82 Å². The molecule has 1 N–H and O–H groups in total. The van der Waals surface area contributed by atoms with Crippen molar-refractivity contribution in [3.63, 3.8) is 0 Å². The summed E-state index contributed by atoms with van der Waals surface area (Å²) in [4.78, 5) is 2.19. The highest BCUT2D eigenvalue weighted by Crippen LogP contribution is 2.22. The summed E-state index contributed by atoms with van der Waals surface area (Å²) in [6.45, 7) is 2.79. The Kier molecular flexibility index (Phi) is 2.79. The lowest BCUT2D eigenvalue weighted by molar-refractivity contribution is 0.198. The lowest BCUT2D eigenvalue weighted by Crippen LogP contribution is -2.44. The highest BCUT2D eigenvalue weighted by Gasteiger charge is 2.22. The van der Waals surface area contributed by atoms with E-state index in [0.717, 1.165) is 25.2 Å². The van der Waals surface area contributed by atoms with Gasteiger partial charge in [0, 0.05) is 31.2 Å². The summed E-state index contributed by atoms with van der Waals surface area (Å²) in [6, 6.07) is 7.18. The van der Waals surface area contributed by atoms with Crippen molar-refractivity contribution in [3.05, 3.63) is 35.6 Å². The third-order valence-electron chi connectivity index (χ3n) is 2.78. The molecule has 1 aliphatic rings. The van der Waals surface area contributed by atoms with E-state index in [0.29, 0.717) is 0 Å². The van der Waals surface area contributed by atoms with Crippen LogP contribution in [0.3, 0.4) is 0 Å². The zero-order chi connectivity index (χ0) is 9.97. The van der Waals surface area contributed by atoms with Crippen LogP contribution in [0.15, 0.2) is 24.3 Å². The maximum atomic E-state index is 13.5. The molecule has 1 aliphatic heterocycles. The van der Waals surface area contributed by atoms with Crippen molar-refractivity contribution in [2.75, 3.05) is 26.7 Å². The zero-order valence-electron chi connectivity index (χ0n) is 8.33. The number of nitrogens with one attached hydrogen (secondary N) is 1. The maximum absolute atomic E-state index is 13.5. The first kappa shape index (κ1) is 9.62. The number of likely N-dealkylation sites (N-methyl/N-ethyl adjacent to an activating group) is 1. The first-order valence-corrected chi connectivity index (χ1v) is 4.94. The van der Waals surface area contributed by atoms with Gasteiger partial charge in [-0.05, 0) is 13.1 Å². The summed E-state index contributed by atoms with van der Waals surface area (Å²) in [6.07, 6.45) is 0. The summed E-state index contributed by atoms with van der Waals surface area (Å²) in [7, 11) is 2.04. The van der Waals surface area contributed by atoms with E-state index in [1.54, 1.807) is 6.07 Å². The molecule has 3 heteroatoms. The molecule has 0 radical (unpaired) electrons. The Morgan fingerprint density at radius 3 is 2.93 bits per heavy atom. The normalized spacial score (nSPS) is 23.7. The molecule has 1 aromatic rings. The Morgan fingerprint density at radius 1 is 1.43 bits per heavy atom. The van der Waals surface area contributed by atoms with Crippen molar-refractivity contribution in [1.82, 2.24) is 10.2 Å². The van der Waals surface area contributed by atoms with Gasteiger partial charge in [0.05, 0.1) is 0 Å². The fourth-order valence-electron chi connectivity index (χ4n) is 1.90. The largest absolute Gasteiger partial charge is 0.314 e. The molecular formula is C11H15FN2. The fourth-order valence-corrected chi connectivity index (χ4v) is 1.90. The Morgan fingerprint density at radius 2 is 2.21 bits per heavy atom. The molecular weight excluding hydrogens is 179 g/mol. The third kappa shape index (κ3) is 1.79. The van der Waals surface area contributed by atoms with Crippen LogP contribution in [0.25, 0.3) is 0 Å². The van der Waals surface area contributed by atoms with Crippen LogP contribution in [0.4, 0.5) is 4.39 Å². The van der Waals surface area contributed by atoms with Crippen molar-refractivity contribution in [1.29, 1.82) is 0 Å². The third-order valence-corrected chi connectivity index (χ3v) is 2.78. The summed E-state index contributed by atoms with van der Waals surface area (Å²) in [5.74, 6) is -0.104. The molecule has 1 atom stereocenters. The van der Waals surface area contributed by atoms with Gasteiger partial charge in [-0.15, -0.1) is 0 Å². The van der Waals surface area contributed by atoms with Gasteiger partial charge in [0.25, 0.3) is 0 Å². The number of benzene rings is 1. The minimum Gasteiger partial charge on any atom is -0.314 e. The topological polar surface area (TPSA) is 15.3 Å². The Hall–Kier alpha value is -0.930. The fraction of sp³-hybridized carbons (Fsp3) is 0.455. The van der Waals surface area contributed by atoms with Crippen LogP contribution in [-0.4, -0.2) is 31.6 Å². The van der Waals surface area contributed by atoms with Gasteiger partial charge < -0.3 is 5.32 Å². The molecule has 14 heavy (non-hydrogen) atoms. The van der Waals surface area contributed by atoms with E-state index < -0.39 is 0 Å². The number of hydrogen-bond acceptors (Lipinski definition) is 2. The van der Waals surface area contributed by atoms with E-state index in [4.69, 9.17) is 0 Å². The molecule has 1 aromatic carbocycles. The minimum absolute atomic E-state index is 0.104. The van der Waals surface area contributed by atoms with Gasteiger partial charge in [0.15, 0.2) is 0 Å². The number of nitrogens with zero attached hydrogens (tertiary/aromatic N) is 1. The van der Waals surface area contributed by atoms with Crippen LogP contribution in [0.2, 0.25) is 0 Å². The molecule has 0 spiro atoms. The van der Waals surface area contributed by atoms with E-state index >= 15 is 0 Å². The Bertz CT molecular complexity index is 314. The molecule has 0 amide bonds. The van der Waals surface area contributed by atoms with Crippen LogP contribution < -0.4 is 5.32 Å². The molecule has 1 saturated heterocycles. The quantitative estimate of drug-likeness (QED) is 0.727. The SMILES string of the molecule is CN1CCNC[C@@H]1c1ccccc1F. The van der Waals surface area contributed by atoms with Crippen LogP contribution in [-0.2, 0) is 0 Å². The maximum Gasteiger partial charge on any atom is 0.128 e. The number of piperazine rings is 1. The molecule has 0 bridgehead atoms. The predicted molar refractivity (Wildman–Crippen MR) is 54.6 cm³/mol. The van der Waals surface area contributed by atoms with Crippen LogP contribution >= 0.6 is 0 Å². The second-order valence-electron chi connectivity index (χ2n) is 3.72. The lowest BCUT2D eigenvalue weighted by Gasteiger charge is -2.33. The second kappa shape index (κ2) is 4.07. The predicted octanol–water partition coefficient (Wildman–Crippen LogP) is 1.40. The first-order chi connectivity index (χ1) is 6.79. The van der Waals surface area contributed by atoms with E-state index in [2.05, 4.69) is 10.2 Å². The van der Waals surface area contributed by atoms with Crippen LogP contribution in [0.5, 0.6) is 0 Å². The lowest BCUT2D eigenvalue weighted by atomic mass is 10.0. The van der Waals surface area contributed by atoms with Crippen molar-refractivity contribution >= 4 is 0 Å². The van der Waals surface area contributed by atoms with Crippen molar-refractivity contribution in [2.24, 2.45) is 0 Å². The average molecular weight is 194 g/mol. The zero-order valence-corrected chi connectivity index (χ0v) is 8.33. The van der Waals surface area contributed by atoms with E-state index in [1.807, 2.05) is 19.2 Å². The van der Waals surface area contributed by atoms with Gasteiger partial charge in [-0.2, -0.15) is 0 Å². The molecule has 1 fully saturated rings. The van der Waals surface area contributed by atoms with E-state index in [-0.39, 0.29) is 11.9 Å². The molecule has 76 valence electrons. The van der Waals surface area contributed by atoms with Gasteiger partial charge >= 0.3 is 0 Å². The summed E-state index contributed by atoms with van der Waals surface area (Å²) >= 11 is 0. The average Bonchev–Trinajstić information content (AvgIpc) is 2.20. The van der Waals surface area contributed by atoms with Crippen molar-refractivity contribution in [3.8, 4) is 0 Å². The Labute approximate surface area is 83.7 Å². The molecule has 0 saturated carbocycles. The minimum atomic E-state index is -0.104. The highest BCUT2D eigenvalue weighted by atomic mass is 19.1. The van der Waals surface area contributed by atoms with Gasteiger partial charge in [-0.1, -0.05) is 18.2 Å². The highest BCUT2D eigenvalue weighted by molar-refractivity contribution is 5.22. The molecule has 2 nitrogen and oxygen atoms in total. The smallest absolute Gasteiger partial charge is 0.128 e. The summed E-state index contributed by atoms with van der Waals surface area (Å²) in [5, 5.41) is 3.28. The molecule has 1 heterocycles. The second-order valence-corrected chi connectivity index (χ2v) is 3.72. The van der Waals surface area contributed by atoms with E-state index in [1.165, 1.54) is 6.07 Å².